The molecule has 2 saturated heterocycles. The van der Waals surface area contributed by atoms with Gasteiger partial charge in [-0.2, -0.15) is 4.98 Å². The van der Waals surface area contributed by atoms with Crippen molar-refractivity contribution < 1.29 is 10.2 Å². The van der Waals surface area contributed by atoms with Crippen molar-refractivity contribution in [1.82, 2.24) is 14.9 Å². The van der Waals surface area contributed by atoms with E-state index in [2.05, 4.69) is 19.8 Å². The first-order valence-corrected chi connectivity index (χ1v) is 8.33. The molecule has 7 heteroatoms. The van der Waals surface area contributed by atoms with Gasteiger partial charge in [0.1, 0.15) is 5.82 Å². The Morgan fingerprint density at radius 2 is 2.00 bits per heavy atom. The van der Waals surface area contributed by atoms with Crippen LogP contribution in [0.4, 0.5) is 11.8 Å². The molecule has 0 amide bonds. The minimum Gasteiger partial charge on any atom is -0.393 e. The van der Waals surface area contributed by atoms with Crippen molar-refractivity contribution >= 4 is 11.8 Å². The molecule has 2 aliphatic rings. The molecule has 128 valence electrons. The lowest BCUT2D eigenvalue weighted by Gasteiger charge is -2.31. The van der Waals surface area contributed by atoms with Crippen molar-refractivity contribution in [2.45, 2.75) is 31.0 Å². The lowest BCUT2D eigenvalue weighted by molar-refractivity contribution is 0.0365. The summed E-state index contributed by atoms with van der Waals surface area (Å²) < 4.78 is 0. The van der Waals surface area contributed by atoms with Crippen LogP contribution in [0.3, 0.4) is 0 Å². The largest absolute Gasteiger partial charge is 0.393 e. The molecule has 0 radical (unpaired) electrons. The van der Waals surface area contributed by atoms with E-state index in [1.165, 1.54) is 0 Å². The van der Waals surface area contributed by atoms with Gasteiger partial charge in [-0.25, -0.2) is 4.98 Å². The highest BCUT2D eigenvalue weighted by Gasteiger charge is 2.37. The maximum absolute atomic E-state index is 10.7. The summed E-state index contributed by atoms with van der Waals surface area (Å²) in [6, 6.07) is 1.92. The van der Waals surface area contributed by atoms with Crippen molar-refractivity contribution in [2.24, 2.45) is 0 Å². The van der Waals surface area contributed by atoms with Crippen LogP contribution in [-0.2, 0) is 0 Å². The van der Waals surface area contributed by atoms with Crippen molar-refractivity contribution in [3.63, 3.8) is 0 Å². The van der Waals surface area contributed by atoms with E-state index < -0.39 is 5.60 Å². The second-order valence-corrected chi connectivity index (χ2v) is 7.07. The number of aromatic nitrogens is 2. The van der Waals surface area contributed by atoms with Crippen LogP contribution in [-0.4, -0.2) is 83.6 Å². The van der Waals surface area contributed by atoms with Gasteiger partial charge in [0.15, 0.2) is 0 Å². The fourth-order valence-corrected chi connectivity index (χ4v) is 3.51. The summed E-state index contributed by atoms with van der Waals surface area (Å²) in [6.45, 7) is 3.62. The lowest BCUT2D eigenvalue weighted by Crippen LogP contribution is -2.42. The van der Waals surface area contributed by atoms with E-state index in [0.717, 1.165) is 44.7 Å². The number of rotatable bonds is 4. The topological polar surface area (TPSA) is 76.0 Å². The first-order chi connectivity index (χ1) is 11.0. The molecule has 1 unspecified atom stereocenters. The average Bonchev–Trinajstić information content (AvgIpc) is 2.89. The molecular formula is C16H27N5O2. The van der Waals surface area contributed by atoms with Gasteiger partial charge in [-0.15, -0.1) is 0 Å². The molecular weight excluding hydrogens is 294 g/mol. The van der Waals surface area contributed by atoms with Crippen molar-refractivity contribution in [2.75, 3.05) is 56.6 Å². The summed E-state index contributed by atoms with van der Waals surface area (Å²) in [5.41, 5.74) is -0.696. The van der Waals surface area contributed by atoms with Crippen molar-refractivity contribution in [3.05, 3.63) is 12.3 Å². The molecule has 1 atom stereocenters. The Hall–Kier alpha value is -1.44. The van der Waals surface area contributed by atoms with E-state index in [-0.39, 0.29) is 6.10 Å². The number of piperidine rings is 1. The van der Waals surface area contributed by atoms with E-state index in [4.69, 9.17) is 0 Å². The summed E-state index contributed by atoms with van der Waals surface area (Å²) in [5.74, 6) is 1.59. The van der Waals surface area contributed by atoms with Crippen LogP contribution in [0.5, 0.6) is 0 Å². The van der Waals surface area contributed by atoms with Gasteiger partial charge in [0.25, 0.3) is 0 Å². The van der Waals surface area contributed by atoms with Crippen LogP contribution in [0.15, 0.2) is 12.3 Å². The molecule has 0 aromatic carbocycles. The number of likely N-dealkylation sites (N-methyl/N-ethyl adjacent to an activating group) is 1. The van der Waals surface area contributed by atoms with Gasteiger partial charge < -0.3 is 24.9 Å². The zero-order valence-corrected chi connectivity index (χ0v) is 14.0. The Morgan fingerprint density at radius 3 is 2.70 bits per heavy atom. The lowest BCUT2D eigenvalue weighted by atomic mass is 10.0. The van der Waals surface area contributed by atoms with Gasteiger partial charge in [-0.05, 0) is 39.4 Å². The van der Waals surface area contributed by atoms with Crippen LogP contribution < -0.4 is 9.80 Å². The first-order valence-electron chi connectivity index (χ1n) is 8.33. The summed E-state index contributed by atoms with van der Waals surface area (Å²) in [6.07, 6.45) is 3.89. The highest BCUT2D eigenvalue weighted by Crippen LogP contribution is 2.26. The van der Waals surface area contributed by atoms with Crippen LogP contribution in [0.2, 0.25) is 0 Å². The second-order valence-electron chi connectivity index (χ2n) is 7.07. The number of anilines is 2. The molecule has 1 aromatic heterocycles. The Kier molecular flexibility index (Phi) is 4.70. The third-order valence-corrected chi connectivity index (χ3v) is 4.64. The van der Waals surface area contributed by atoms with E-state index in [1.54, 1.807) is 6.20 Å². The Bertz CT molecular complexity index is 533. The summed E-state index contributed by atoms with van der Waals surface area (Å²) >= 11 is 0. The molecule has 1 aromatic rings. The molecule has 0 saturated carbocycles. The monoisotopic (exact) mass is 321 g/mol. The molecule has 7 nitrogen and oxygen atoms in total. The second kappa shape index (κ2) is 6.59. The Morgan fingerprint density at radius 1 is 1.26 bits per heavy atom. The molecule has 2 aliphatic heterocycles. The van der Waals surface area contributed by atoms with Crippen LogP contribution in [0, 0.1) is 0 Å². The molecule has 0 bridgehead atoms. The molecule has 2 N–H and O–H groups in total. The van der Waals surface area contributed by atoms with Gasteiger partial charge in [-0.3, -0.25) is 0 Å². The number of hydrogen-bond donors (Lipinski definition) is 2. The SMILES string of the molecule is CN(C)CC1(O)CCN(c2nccc(N3CCC(O)CC3)n2)C1. The molecule has 0 spiro atoms. The molecule has 2 fully saturated rings. The third kappa shape index (κ3) is 3.91. The van der Waals surface area contributed by atoms with Crippen LogP contribution in [0.1, 0.15) is 19.3 Å². The fraction of sp³-hybridized carbons (Fsp3) is 0.750. The maximum atomic E-state index is 10.7. The summed E-state index contributed by atoms with van der Waals surface area (Å²) in [5, 5.41) is 20.3. The predicted molar refractivity (Wildman–Crippen MR) is 89.8 cm³/mol. The third-order valence-electron chi connectivity index (χ3n) is 4.64. The van der Waals surface area contributed by atoms with Crippen LogP contribution >= 0.6 is 0 Å². The van der Waals surface area contributed by atoms with Gasteiger partial charge in [0.2, 0.25) is 5.95 Å². The average molecular weight is 321 g/mol. The Labute approximate surface area is 137 Å². The zero-order chi connectivity index (χ0) is 16.4. The first kappa shape index (κ1) is 16.4. The highest BCUT2D eigenvalue weighted by molar-refractivity contribution is 5.45. The van der Waals surface area contributed by atoms with Crippen molar-refractivity contribution in [1.29, 1.82) is 0 Å². The zero-order valence-electron chi connectivity index (χ0n) is 14.0. The normalized spacial score (nSPS) is 26.3. The standard InChI is InChI=1S/C16H27N5O2/c1-19(2)11-16(23)6-10-21(12-16)15-17-7-3-14(18-15)20-8-4-13(22)5-9-20/h3,7,13,22-23H,4-6,8-12H2,1-2H3. The molecule has 3 rings (SSSR count). The van der Waals surface area contributed by atoms with Crippen molar-refractivity contribution in [3.8, 4) is 0 Å². The summed E-state index contributed by atoms with van der Waals surface area (Å²) in [4.78, 5) is 15.3. The van der Waals surface area contributed by atoms with E-state index in [1.807, 2.05) is 25.1 Å². The highest BCUT2D eigenvalue weighted by atomic mass is 16.3. The van der Waals surface area contributed by atoms with E-state index in [9.17, 15) is 10.2 Å². The minimum absolute atomic E-state index is 0.188. The van der Waals surface area contributed by atoms with Gasteiger partial charge in [0.05, 0.1) is 18.2 Å². The smallest absolute Gasteiger partial charge is 0.227 e. The van der Waals surface area contributed by atoms with E-state index >= 15 is 0 Å². The van der Waals surface area contributed by atoms with E-state index in [0.29, 0.717) is 19.0 Å². The van der Waals surface area contributed by atoms with Gasteiger partial charge >= 0.3 is 0 Å². The molecule has 23 heavy (non-hydrogen) atoms. The quantitative estimate of drug-likeness (QED) is 0.804. The fourth-order valence-electron chi connectivity index (χ4n) is 3.51. The maximum Gasteiger partial charge on any atom is 0.227 e. The number of aliphatic hydroxyl groups excluding tert-OH is 1. The summed E-state index contributed by atoms with van der Waals surface area (Å²) in [7, 11) is 3.95. The van der Waals surface area contributed by atoms with Gasteiger partial charge in [0, 0.05) is 32.4 Å². The molecule has 0 aliphatic carbocycles. The number of nitrogens with zero attached hydrogens (tertiary/aromatic N) is 5. The van der Waals surface area contributed by atoms with Crippen LogP contribution in [0.25, 0.3) is 0 Å². The number of aliphatic hydroxyl groups is 2. The Balaban J connectivity index is 1.68. The minimum atomic E-state index is -0.696. The number of β-amino-alcohol motifs (C(OH)–C–C–N with tert-alkyl or cyclic N) is 1. The molecule has 3 heterocycles. The van der Waals surface area contributed by atoms with Gasteiger partial charge in [-0.1, -0.05) is 0 Å². The predicted octanol–water partition coefficient (Wildman–Crippen LogP) is -0.0595. The number of hydrogen-bond acceptors (Lipinski definition) is 7.